The van der Waals surface area contributed by atoms with E-state index in [1.54, 1.807) is 0 Å². The number of rotatable bonds is 4. The minimum absolute atomic E-state index is 0.210. The van der Waals surface area contributed by atoms with Gasteiger partial charge in [0.1, 0.15) is 10.3 Å². The third kappa shape index (κ3) is 4.51. The van der Waals surface area contributed by atoms with Gasteiger partial charge in [-0.2, -0.15) is 18.2 Å². The SMILES string of the molecule is O=c1nc(N2CCN(CC3CCCCC3)CC2)sc2c([N+](=O)[O-])c(O)c(C(F)(F)F)cc12. The summed E-state index contributed by atoms with van der Waals surface area (Å²) in [7, 11) is 0. The number of aromatic hydroxyl groups is 1. The number of aromatic nitrogens is 1. The molecule has 0 unspecified atom stereocenters. The van der Waals surface area contributed by atoms with Gasteiger partial charge in [0, 0.05) is 32.7 Å². The molecule has 0 bridgehead atoms. The number of phenolic OH excluding ortho intramolecular Hbond substituents is 1. The quantitative estimate of drug-likeness (QED) is 0.531. The molecule has 2 fully saturated rings. The summed E-state index contributed by atoms with van der Waals surface area (Å²) in [4.78, 5) is 31.0. The fourth-order valence-corrected chi connectivity index (χ4v) is 5.69. The lowest BCUT2D eigenvalue weighted by Gasteiger charge is -2.37. The van der Waals surface area contributed by atoms with Crippen LogP contribution >= 0.6 is 11.3 Å². The molecule has 1 saturated heterocycles. The predicted molar refractivity (Wildman–Crippen MR) is 114 cm³/mol. The Morgan fingerprint density at radius 3 is 2.44 bits per heavy atom. The summed E-state index contributed by atoms with van der Waals surface area (Å²) in [6.07, 6.45) is 1.25. The van der Waals surface area contributed by atoms with E-state index in [1.165, 1.54) is 32.1 Å². The molecule has 2 aromatic rings. The van der Waals surface area contributed by atoms with E-state index >= 15 is 0 Å². The van der Waals surface area contributed by atoms with Crippen molar-refractivity contribution in [3.8, 4) is 5.75 Å². The van der Waals surface area contributed by atoms with Crippen molar-refractivity contribution in [1.29, 1.82) is 0 Å². The molecule has 1 N–H and O–H groups in total. The number of benzene rings is 1. The van der Waals surface area contributed by atoms with Gasteiger partial charge in [-0.1, -0.05) is 30.6 Å². The van der Waals surface area contributed by atoms with Gasteiger partial charge in [-0.25, -0.2) is 0 Å². The van der Waals surface area contributed by atoms with Crippen LogP contribution in [0.2, 0.25) is 0 Å². The molecule has 0 atom stereocenters. The van der Waals surface area contributed by atoms with E-state index in [4.69, 9.17) is 0 Å². The molecule has 2 heterocycles. The molecule has 0 amide bonds. The molecule has 1 aliphatic carbocycles. The zero-order valence-corrected chi connectivity index (χ0v) is 18.0. The van der Waals surface area contributed by atoms with Crippen LogP contribution in [0.25, 0.3) is 10.1 Å². The van der Waals surface area contributed by atoms with Crippen LogP contribution in [0.3, 0.4) is 0 Å². The van der Waals surface area contributed by atoms with Crippen LogP contribution in [-0.2, 0) is 6.18 Å². The first kappa shape index (κ1) is 22.7. The topological polar surface area (TPSA) is 99.8 Å². The monoisotopic (exact) mass is 472 g/mol. The molecule has 12 heteroatoms. The number of piperazine rings is 1. The van der Waals surface area contributed by atoms with Crippen LogP contribution in [-0.4, -0.2) is 52.6 Å². The van der Waals surface area contributed by atoms with Gasteiger partial charge in [-0.3, -0.25) is 19.8 Å². The first-order valence-electron chi connectivity index (χ1n) is 10.5. The molecular weight excluding hydrogens is 449 g/mol. The van der Waals surface area contributed by atoms with Gasteiger partial charge in [-0.15, -0.1) is 0 Å². The van der Waals surface area contributed by atoms with Gasteiger partial charge in [0.25, 0.3) is 5.56 Å². The lowest BCUT2D eigenvalue weighted by Crippen LogP contribution is -2.48. The second-order valence-electron chi connectivity index (χ2n) is 8.35. The number of nitro benzene ring substituents is 1. The number of alkyl halides is 3. The van der Waals surface area contributed by atoms with Crippen molar-refractivity contribution in [2.24, 2.45) is 5.92 Å². The minimum Gasteiger partial charge on any atom is -0.502 e. The Morgan fingerprint density at radius 1 is 1.19 bits per heavy atom. The number of halogens is 3. The second kappa shape index (κ2) is 8.81. The smallest absolute Gasteiger partial charge is 0.420 e. The minimum atomic E-state index is -5.05. The van der Waals surface area contributed by atoms with Crippen molar-refractivity contribution in [3.63, 3.8) is 0 Å². The maximum atomic E-state index is 13.2. The predicted octanol–water partition coefficient (Wildman–Crippen LogP) is 3.99. The summed E-state index contributed by atoms with van der Waals surface area (Å²) in [6.45, 7) is 3.63. The van der Waals surface area contributed by atoms with Gasteiger partial charge in [0.05, 0.1) is 10.3 Å². The molecule has 0 radical (unpaired) electrons. The normalized spacial score (nSPS) is 18.9. The van der Waals surface area contributed by atoms with Crippen molar-refractivity contribution in [1.82, 2.24) is 9.88 Å². The van der Waals surface area contributed by atoms with Gasteiger partial charge >= 0.3 is 11.9 Å². The standard InChI is InChI=1S/C20H23F3N4O4S/c21-20(22,23)14-10-13-17(15(16(14)28)27(30)31)32-19(24-18(13)29)26-8-6-25(7-9-26)11-12-4-2-1-3-5-12/h10,12,28H,1-9,11H2. The Morgan fingerprint density at radius 2 is 1.84 bits per heavy atom. The van der Waals surface area contributed by atoms with Crippen LogP contribution in [0.1, 0.15) is 37.7 Å². The van der Waals surface area contributed by atoms with Crippen molar-refractivity contribution < 1.29 is 23.2 Å². The number of hydrogen-bond acceptors (Lipinski definition) is 8. The van der Waals surface area contributed by atoms with E-state index in [0.29, 0.717) is 25.1 Å². The third-order valence-corrected chi connectivity index (χ3v) is 7.37. The highest BCUT2D eigenvalue weighted by Crippen LogP contribution is 2.46. The van der Waals surface area contributed by atoms with E-state index in [9.17, 15) is 33.2 Å². The van der Waals surface area contributed by atoms with Crippen LogP contribution in [0.15, 0.2) is 10.9 Å². The largest absolute Gasteiger partial charge is 0.502 e. The number of nitrogens with zero attached hydrogens (tertiary/aromatic N) is 4. The lowest BCUT2D eigenvalue weighted by atomic mass is 9.89. The van der Waals surface area contributed by atoms with Crippen LogP contribution < -0.4 is 10.5 Å². The molecule has 1 aliphatic heterocycles. The average molecular weight is 472 g/mol. The van der Waals surface area contributed by atoms with Crippen molar-refractivity contribution in [2.45, 2.75) is 38.3 Å². The van der Waals surface area contributed by atoms with E-state index in [2.05, 4.69) is 9.88 Å². The molecule has 1 saturated carbocycles. The maximum absolute atomic E-state index is 13.2. The van der Waals surface area contributed by atoms with Crippen molar-refractivity contribution in [3.05, 3.63) is 32.1 Å². The summed E-state index contributed by atoms with van der Waals surface area (Å²) in [6, 6.07) is 0.440. The average Bonchev–Trinajstić information content (AvgIpc) is 2.73. The van der Waals surface area contributed by atoms with Crippen molar-refractivity contribution in [2.75, 3.05) is 37.6 Å². The Bertz CT molecular complexity index is 1080. The highest BCUT2D eigenvalue weighted by Gasteiger charge is 2.39. The number of anilines is 1. The van der Waals surface area contributed by atoms with Crippen molar-refractivity contribution >= 4 is 32.2 Å². The summed E-state index contributed by atoms with van der Waals surface area (Å²) >= 11 is 0.760. The Hall–Kier alpha value is -2.47. The Kier molecular flexibility index (Phi) is 6.26. The van der Waals surface area contributed by atoms with E-state index in [1.807, 2.05) is 4.90 Å². The molecule has 0 spiro atoms. The summed E-state index contributed by atoms with van der Waals surface area (Å²) < 4.78 is 39.3. The molecule has 174 valence electrons. The van der Waals surface area contributed by atoms with E-state index < -0.39 is 39.0 Å². The summed E-state index contributed by atoms with van der Waals surface area (Å²) in [5.74, 6) is -0.793. The molecular formula is C20H23F3N4O4S. The maximum Gasteiger partial charge on any atom is 0.420 e. The zero-order valence-electron chi connectivity index (χ0n) is 17.2. The van der Waals surface area contributed by atoms with Crippen LogP contribution in [0.4, 0.5) is 24.0 Å². The third-order valence-electron chi connectivity index (χ3n) is 6.22. The number of nitro groups is 1. The molecule has 1 aromatic heterocycles. The number of hydrogen-bond donors (Lipinski definition) is 1. The lowest BCUT2D eigenvalue weighted by molar-refractivity contribution is -0.384. The fraction of sp³-hybridized carbons (Fsp3) is 0.600. The van der Waals surface area contributed by atoms with Gasteiger partial charge in [0.15, 0.2) is 5.13 Å². The van der Waals surface area contributed by atoms with E-state index in [-0.39, 0.29) is 9.83 Å². The molecule has 8 nitrogen and oxygen atoms in total. The first-order valence-corrected chi connectivity index (χ1v) is 11.4. The van der Waals surface area contributed by atoms with Gasteiger partial charge in [-0.05, 0) is 24.8 Å². The molecule has 2 aliphatic rings. The zero-order chi connectivity index (χ0) is 23.0. The van der Waals surface area contributed by atoms with E-state index in [0.717, 1.165) is 31.0 Å². The second-order valence-corrected chi connectivity index (χ2v) is 9.32. The summed E-state index contributed by atoms with van der Waals surface area (Å²) in [5.41, 5.74) is -3.71. The number of phenols is 1. The molecule has 1 aromatic carbocycles. The van der Waals surface area contributed by atoms with Crippen LogP contribution in [0, 0.1) is 16.0 Å². The summed E-state index contributed by atoms with van der Waals surface area (Å²) in [5, 5.41) is 21.2. The first-order chi connectivity index (χ1) is 15.1. The fourth-order valence-electron chi connectivity index (χ4n) is 4.54. The van der Waals surface area contributed by atoms with Gasteiger partial charge < -0.3 is 10.0 Å². The van der Waals surface area contributed by atoms with Crippen LogP contribution in [0.5, 0.6) is 5.75 Å². The molecule has 32 heavy (non-hydrogen) atoms. The highest BCUT2D eigenvalue weighted by atomic mass is 32.1. The highest BCUT2D eigenvalue weighted by molar-refractivity contribution is 7.22. The Labute approximate surface area is 185 Å². The van der Waals surface area contributed by atoms with Gasteiger partial charge in [0.2, 0.25) is 5.75 Å². The Balaban J connectivity index is 1.61. The molecule has 4 rings (SSSR count). The number of fused-ring (bicyclic) bond motifs is 1.